The van der Waals surface area contributed by atoms with E-state index in [9.17, 15) is 54.9 Å². The number of amides is 2. The summed E-state index contributed by atoms with van der Waals surface area (Å²) in [4.78, 5) is 53.4. The molecular weight excluding hydrogens is 738 g/mol. The lowest BCUT2D eigenvalue weighted by molar-refractivity contribution is -0.393. The third-order valence-corrected chi connectivity index (χ3v) is 10.3. The number of aliphatic hydroxyl groups excluding tert-OH is 7. The highest BCUT2D eigenvalue weighted by atomic mass is 16.8. The summed E-state index contributed by atoms with van der Waals surface area (Å²) in [5, 5.41) is 75.3. The van der Waals surface area contributed by atoms with E-state index < -0.39 is 134 Å². The molecule has 1 aromatic carbocycles. The van der Waals surface area contributed by atoms with Gasteiger partial charge in [0.1, 0.15) is 60.5 Å². The molecule has 15 atom stereocenters. The van der Waals surface area contributed by atoms with Gasteiger partial charge in [-0.2, -0.15) is 0 Å². The van der Waals surface area contributed by atoms with Gasteiger partial charge in [-0.3, -0.25) is 19.3 Å². The molecule has 306 valence electrons. The van der Waals surface area contributed by atoms with Crippen LogP contribution in [0.3, 0.4) is 0 Å². The van der Waals surface area contributed by atoms with Crippen molar-refractivity contribution in [1.29, 1.82) is 0 Å². The smallest absolute Gasteiger partial charge is 0.336 e. The van der Waals surface area contributed by atoms with Crippen LogP contribution in [0.4, 0.5) is 0 Å². The number of ketones is 1. The number of aliphatic hydroxyl groups is 7. The Balaban J connectivity index is 1.56. The van der Waals surface area contributed by atoms with Crippen molar-refractivity contribution in [3.05, 3.63) is 46.3 Å². The zero-order chi connectivity index (χ0) is 40.7. The van der Waals surface area contributed by atoms with Crippen LogP contribution in [-0.2, 0) is 48.6 Å². The number of Topliss-reactive ketones (excluding diaryl/α,β-unsaturated/α-hetero) is 1. The van der Waals surface area contributed by atoms with Crippen molar-refractivity contribution in [3.63, 3.8) is 0 Å². The van der Waals surface area contributed by atoms with Gasteiger partial charge in [0.2, 0.25) is 17.6 Å². The van der Waals surface area contributed by atoms with Crippen LogP contribution >= 0.6 is 0 Å². The first-order chi connectivity index (χ1) is 25.9. The first-order valence-electron chi connectivity index (χ1n) is 17.2. The Labute approximate surface area is 312 Å². The van der Waals surface area contributed by atoms with Crippen molar-refractivity contribution in [1.82, 2.24) is 4.90 Å². The number of nitrogens with two attached hydrogens (primary N) is 2. The van der Waals surface area contributed by atoms with Gasteiger partial charge in [-0.25, -0.2) is 4.79 Å². The average Bonchev–Trinajstić information content (AvgIpc) is 3.15. The minimum atomic E-state index is -2.86. The lowest BCUT2D eigenvalue weighted by Crippen LogP contribution is -2.82. The van der Waals surface area contributed by atoms with E-state index in [1.165, 1.54) is 24.3 Å². The average molecular weight is 786 g/mol. The number of hydrogen-bond acceptors (Lipinski definition) is 20. The van der Waals surface area contributed by atoms with E-state index in [-0.39, 0.29) is 11.1 Å². The zero-order valence-electron chi connectivity index (χ0n) is 30.2. The number of rotatable bonds is 11. The molecule has 0 radical (unpaired) electrons. The van der Waals surface area contributed by atoms with Crippen molar-refractivity contribution in [2.75, 3.05) is 26.9 Å². The van der Waals surface area contributed by atoms with Gasteiger partial charge >= 0.3 is 5.63 Å². The Kier molecular flexibility index (Phi) is 12.9. The molecule has 0 saturated carbocycles. The topological polar surface area (TPSA) is 334 Å². The van der Waals surface area contributed by atoms with Gasteiger partial charge in [0, 0.05) is 38.0 Å². The van der Waals surface area contributed by atoms with Crippen LogP contribution in [0, 0.1) is 0 Å². The van der Waals surface area contributed by atoms with E-state index in [0.717, 1.165) is 33.9 Å². The molecule has 2 aromatic rings. The summed E-state index contributed by atoms with van der Waals surface area (Å²) in [6, 6.07) is 3.66. The maximum absolute atomic E-state index is 14.2. The number of benzene rings is 1. The van der Waals surface area contributed by atoms with Gasteiger partial charge in [0.05, 0.1) is 31.9 Å². The van der Waals surface area contributed by atoms with Gasteiger partial charge in [-0.15, -0.1) is 0 Å². The second-order valence-electron chi connectivity index (χ2n) is 13.6. The van der Waals surface area contributed by atoms with E-state index in [0.29, 0.717) is 10.3 Å². The molecule has 1 unspecified atom stereocenters. The van der Waals surface area contributed by atoms with Crippen LogP contribution < -0.4 is 17.1 Å². The summed E-state index contributed by atoms with van der Waals surface area (Å²) in [6.07, 6.45) is -18.7. The Morgan fingerprint density at radius 1 is 0.782 bits per heavy atom. The van der Waals surface area contributed by atoms with E-state index in [1.54, 1.807) is 0 Å². The predicted octanol–water partition coefficient (Wildman–Crippen LogP) is -4.99. The van der Waals surface area contributed by atoms with Gasteiger partial charge < -0.3 is 80.1 Å². The van der Waals surface area contributed by atoms with Crippen LogP contribution in [0.5, 0.6) is 0 Å². The third-order valence-electron chi connectivity index (χ3n) is 10.3. The minimum absolute atomic E-state index is 0.0346. The summed E-state index contributed by atoms with van der Waals surface area (Å²) in [5.74, 6) is -5.80. The van der Waals surface area contributed by atoms with Crippen molar-refractivity contribution in [2.24, 2.45) is 11.5 Å². The molecular formula is C34H47N3O18. The summed E-state index contributed by atoms with van der Waals surface area (Å²) in [5.41, 5.74) is 8.55. The fourth-order valence-electron chi connectivity index (χ4n) is 7.69. The number of methoxy groups -OCH3 is 1. The van der Waals surface area contributed by atoms with Crippen molar-refractivity contribution in [3.8, 4) is 0 Å². The molecule has 0 spiro atoms. The van der Waals surface area contributed by atoms with Gasteiger partial charge in [-0.1, -0.05) is 12.1 Å². The normalized spacial score (nSPS) is 39.5. The highest BCUT2D eigenvalue weighted by molar-refractivity contribution is 6.02. The zero-order valence-corrected chi connectivity index (χ0v) is 30.2. The molecule has 0 bridgehead atoms. The minimum Gasteiger partial charge on any atom is -0.423 e. The molecule has 3 aliphatic heterocycles. The largest absolute Gasteiger partial charge is 0.423 e. The van der Waals surface area contributed by atoms with Crippen LogP contribution in [0.25, 0.3) is 11.0 Å². The van der Waals surface area contributed by atoms with E-state index in [2.05, 4.69) is 0 Å². The molecule has 3 aliphatic rings. The number of carbonyl (C=O) groups excluding carboxylic acids is 3. The number of fused-ring (bicyclic) bond motifs is 1. The van der Waals surface area contributed by atoms with E-state index >= 15 is 0 Å². The predicted molar refractivity (Wildman–Crippen MR) is 181 cm³/mol. The molecule has 5 rings (SSSR count). The Bertz CT molecular complexity index is 1760. The molecule has 55 heavy (non-hydrogen) atoms. The molecule has 11 N–H and O–H groups in total. The fraction of sp³-hybridized carbons (Fsp3) is 0.647. The molecule has 21 heteroatoms. The molecule has 21 nitrogen and oxygen atoms in total. The summed E-state index contributed by atoms with van der Waals surface area (Å²) >= 11 is 0. The van der Waals surface area contributed by atoms with Gasteiger partial charge in [-0.05, 0) is 19.1 Å². The SMILES string of the molecule is COC1(c2ccc3ccc(=O)oc3c2)O[C@H](CO)[C@@H](O[C@@H]2O[C@H](CO)[C@@H](O[C@@H]3O[C@H](CO)[C@@H](O)[C@H](O)[C@H]3N)[C@H](O)[C@H]2N)[C@H](O)[C@@]1(C(C)=O)N(C(C)=O)C(C)=O. The molecule has 2 amide bonds. The quantitative estimate of drug-likeness (QED) is 0.0963. The summed E-state index contributed by atoms with van der Waals surface area (Å²) in [6.45, 7) is 0.254. The molecule has 1 aromatic heterocycles. The Morgan fingerprint density at radius 2 is 1.33 bits per heavy atom. The highest BCUT2D eigenvalue weighted by Crippen LogP contribution is 2.51. The summed E-state index contributed by atoms with van der Waals surface area (Å²) < 4.78 is 40.7. The maximum Gasteiger partial charge on any atom is 0.336 e. The first kappa shape index (κ1) is 42.8. The van der Waals surface area contributed by atoms with E-state index in [4.69, 9.17) is 44.3 Å². The number of nitrogens with zero attached hydrogens (tertiary/aromatic N) is 1. The fourth-order valence-corrected chi connectivity index (χ4v) is 7.69. The highest BCUT2D eigenvalue weighted by Gasteiger charge is 2.73. The van der Waals surface area contributed by atoms with Crippen molar-refractivity contribution in [2.45, 2.75) is 112 Å². The van der Waals surface area contributed by atoms with Gasteiger partial charge in [0.25, 0.3) is 0 Å². The molecule has 4 heterocycles. The maximum atomic E-state index is 14.2. The monoisotopic (exact) mass is 785 g/mol. The summed E-state index contributed by atoms with van der Waals surface area (Å²) in [7, 11) is 1.05. The number of ether oxygens (including phenoxy) is 6. The van der Waals surface area contributed by atoms with Crippen LogP contribution in [0.1, 0.15) is 26.3 Å². The number of imide groups is 1. The lowest BCUT2D eigenvalue weighted by Gasteiger charge is -2.60. The Morgan fingerprint density at radius 3 is 1.87 bits per heavy atom. The number of carbonyl (C=O) groups is 3. The standard InChI is InChI=1S/C34H47N3O18/c1-13(41)33(37(14(2)42)15(3)43)30(48)29(21(12-40)55-34(33,49-4)17-7-5-16-6-8-22(44)50-18(16)9-17)54-32-24(36)27(47)28(20(11-39)52-32)53-31-23(35)26(46)25(45)19(10-38)51-31/h5-9,19-21,23-32,38-40,45-48H,10-12,35-36H2,1-4H3/t19-,20-,21-,23-,24-,25-,26-,27-,28-,29-,30+,31+,32+,33-,34?/m1/s1. The van der Waals surface area contributed by atoms with Gasteiger partial charge in [0.15, 0.2) is 23.9 Å². The van der Waals surface area contributed by atoms with Crippen LogP contribution in [-0.4, -0.2) is 170 Å². The second kappa shape index (κ2) is 16.6. The lowest BCUT2D eigenvalue weighted by atomic mass is 9.69. The van der Waals surface area contributed by atoms with Crippen molar-refractivity contribution < 1.29 is 83.0 Å². The van der Waals surface area contributed by atoms with Crippen molar-refractivity contribution >= 4 is 28.6 Å². The van der Waals surface area contributed by atoms with Crippen LogP contribution in [0.15, 0.2) is 39.5 Å². The first-order valence-corrected chi connectivity index (χ1v) is 17.2. The molecule has 0 aliphatic carbocycles. The van der Waals surface area contributed by atoms with Crippen LogP contribution in [0.2, 0.25) is 0 Å². The van der Waals surface area contributed by atoms with E-state index in [1.807, 2.05) is 0 Å². The third kappa shape index (κ3) is 7.13. The molecule has 3 fully saturated rings. The Hall–Kier alpha value is -3.36. The number of hydrogen-bond donors (Lipinski definition) is 9. The molecule has 3 saturated heterocycles. The second-order valence-corrected chi connectivity index (χ2v) is 13.6.